The van der Waals surface area contributed by atoms with E-state index >= 15 is 0 Å². The SMILES string of the molecule is CP(C)(=O)c1ccccc1C1CO1. The Bertz CT molecular complexity index is 363. The van der Waals surface area contributed by atoms with E-state index in [4.69, 9.17) is 4.74 Å². The molecule has 3 heteroatoms. The van der Waals surface area contributed by atoms with Crippen LogP contribution < -0.4 is 5.30 Å². The van der Waals surface area contributed by atoms with Crippen LogP contribution in [0.2, 0.25) is 0 Å². The van der Waals surface area contributed by atoms with E-state index in [0.717, 1.165) is 17.5 Å². The van der Waals surface area contributed by atoms with E-state index in [-0.39, 0.29) is 6.10 Å². The predicted octanol–water partition coefficient (Wildman–Crippen LogP) is 2.01. The Morgan fingerprint density at radius 1 is 1.38 bits per heavy atom. The van der Waals surface area contributed by atoms with Gasteiger partial charge in [-0.05, 0) is 18.9 Å². The Kier molecular flexibility index (Phi) is 2.05. The predicted molar refractivity (Wildman–Crippen MR) is 54.2 cm³/mol. The van der Waals surface area contributed by atoms with Crippen LogP contribution in [0.25, 0.3) is 0 Å². The van der Waals surface area contributed by atoms with Crippen LogP contribution in [-0.4, -0.2) is 19.9 Å². The van der Waals surface area contributed by atoms with Crippen molar-refractivity contribution in [3.05, 3.63) is 29.8 Å². The summed E-state index contributed by atoms with van der Waals surface area (Å²) in [6.45, 7) is 4.37. The highest BCUT2D eigenvalue weighted by molar-refractivity contribution is 7.70. The zero-order chi connectivity index (χ0) is 9.47. The molecule has 0 spiro atoms. The van der Waals surface area contributed by atoms with Crippen LogP contribution in [0.5, 0.6) is 0 Å². The van der Waals surface area contributed by atoms with Crippen molar-refractivity contribution in [1.82, 2.24) is 0 Å². The molecular weight excluding hydrogens is 183 g/mol. The largest absolute Gasteiger partial charge is 0.368 e. The average molecular weight is 196 g/mol. The highest BCUT2D eigenvalue weighted by Crippen LogP contribution is 2.40. The molecule has 0 amide bonds. The van der Waals surface area contributed by atoms with Crippen LogP contribution in [-0.2, 0) is 9.30 Å². The van der Waals surface area contributed by atoms with Gasteiger partial charge in [-0.1, -0.05) is 24.3 Å². The summed E-state index contributed by atoms with van der Waals surface area (Å²) in [4.78, 5) is 0. The summed E-state index contributed by atoms with van der Waals surface area (Å²) < 4.78 is 17.1. The van der Waals surface area contributed by atoms with Crippen LogP contribution in [0.4, 0.5) is 0 Å². The van der Waals surface area contributed by atoms with Crippen LogP contribution in [0.3, 0.4) is 0 Å². The van der Waals surface area contributed by atoms with Crippen molar-refractivity contribution in [1.29, 1.82) is 0 Å². The molecule has 2 nitrogen and oxygen atoms in total. The van der Waals surface area contributed by atoms with Gasteiger partial charge in [0.2, 0.25) is 0 Å². The third-order valence-corrected chi connectivity index (χ3v) is 3.76. The smallest absolute Gasteiger partial charge is 0.110 e. The first-order valence-electron chi connectivity index (χ1n) is 4.35. The first-order chi connectivity index (χ1) is 6.09. The number of rotatable bonds is 2. The topological polar surface area (TPSA) is 29.6 Å². The van der Waals surface area contributed by atoms with Gasteiger partial charge in [-0.3, -0.25) is 0 Å². The summed E-state index contributed by atoms with van der Waals surface area (Å²) >= 11 is 0. The summed E-state index contributed by atoms with van der Waals surface area (Å²) in [5.74, 6) is 0. The number of hydrogen-bond acceptors (Lipinski definition) is 2. The normalized spacial score (nSPS) is 21.5. The number of epoxide rings is 1. The third-order valence-electron chi connectivity index (χ3n) is 2.20. The fourth-order valence-corrected chi connectivity index (χ4v) is 2.76. The van der Waals surface area contributed by atoms with E-state index in [2.05, 4.69) is 0 Å². The summed E-state index contributed by atoms with van der Waals surface area (Å²) in [6, 6.07) is 7.85. The van der Waals surface area contributed by atoms with Gasteiger partial charge in [0, 0.05) is 5.30 Å². The quantitative estimate of drug-likeness (QED) is 0.535. The summed E-state index contributed by atoms with van der Waals surface area (Å²) in [5.41, 5.74) is 1.11. The lowest BCUT2D eigenvalue weighted by molar-refractivity contribution is 0.416. The number of ether oxygens (including phenoxy) is 1. The Labute approximate surface area is 78.3 Å². The maximum Gasteiger partial charge on any atom is 0.110 e. The molecule has 70 valence electrons. The maximum absolute atomic E-state index is 11.9. The van der Waals surface area contributed by atoms with E-state index in [1.54, 1.807) is 13.3 Å². The van der Waals surface area contributed by atoms with Crippen molar-refractivity contribution in [3.63, 3.8) is 0 Å². The van der Waals surface area contributed by atoms with Gasteiger partial charge in [0.15, 0.2) is 0 Å². The molecule has 1 aromatic rings. The second-order valence-electron chi connectivity index (χ2n) is 3.73. The molecule has 1 saturated heterocycles. The molecule has 1 heterocycles. The van der Waals surface area contributed by atoms with Gasteiger partial charge in [-0.15, -0.1) is 0 Å². The Hall–Kier alpha value is -0.590. The van der Waals surface area contributed by atoms with Crippen molar-refractivity contribution < 1.29 is 9.30 Å². The zero-order valence-corrected chi connectivity index (χ0v) is 8.75. The lowest BCUT2D eigenvalue weighted by Gasteiger charge is -2.10. The number of benzene rings is 1. The molecule has 13 heavy (non-hydrogen) atoms. The van der Waals surface area contributed by atoms with Crippen molar-refractivity contribution >= 4 is 12.4 Å². The summed E-state index contributed by atoms with van der Waals surface area (Å²) in [6.07, 6.45) is 0.199. The van der Waals surface area contributed by atoms with Crippen molar-refractivity contribution in [2.75, 3.05) is 19.9 Å². The van der Waals surface area contributed by atoms with Crippen LogP contribution in [0.15, 0.2) is 24.3 Å². The van der Waals surface area contributed by atoms with Gasteiger partial charge in [0.25, 0.3) is 0 Å². The summed E-state index contributed by atoms with van der Waals surface area (Å²) in [7, 11) is -2.15. The lowest BCUT2D eigenvalue weighted by atomic mass is 10.2. The molecule has 1 fully saturated rings. The van der Waals surface area contributed by atoms with E-state index in [1.165, 1.54) is 0 Å². The monoisotopic (exact) mass is 196 g/mol. The highest BCUT2D eigenvalue weighted by atomic mass is 31.2. The number of hydrogen-bond donors (Lipinski definition) is 0. The van der Waals surface area contributed by atoms with Crippen molar-refractivity contribution in [2.45, 2.75) is 6.10 Å². The minimum Gasteiger partial charge on any atom is -0.368 e. The van der Waals surface area contributed by atoms with Crippen molar-refractivity contribution in [3.8, 4) is 0 Å². The molecule has 0 aliphatic carbocycles. The third kappa shape index (κ3) is 1.84. The molecule has 1 aliphatic heterocycles. The summed E-state index contributed by atoms with van der Waals surface area (Å²) in [5, 5.41) is 0.970. The van der Waals surface area contributed by atoms with E-state index in [0.29, 0.717) is 0 Å². The molecule has 1 aliphatic rings. The maximum atomic E-state index is 11.9. The molecule has 1 aromatic carbocycles. The van der Waals surface area contributed by atoms with Gasteiger partial charge >= 0.3 is 0 Å². The van der Waals surface area contributed by atoms with Gasteiger partial charge < -0.3 is 9.30 Å². The fraction of sp³-hybridized carbons (Fsp3) is 0.400. The first kappa shape index (κ1) is 8.98. The Morgan fingerprint density at radius 2 is 2.00 bits per heavy atom. The molecule has 0 saturated carbocycles. The second-order valence-corrected chi connectivity index (χ2v) is 6.92. The lowest BCUT2D eigenvalue weighted by Crippen LogP contribution is -2.09. The zero-order valence-electron chi connectivity index (χ0n) is 7.86. The van der Waals surface area contributed by atoms with Gasteiger partial charge in [0.1, 0.15) is 13.2 Å². The Balaban J connectivity index is 2.49. The highest BCUT2D eigenvalue weighted by Gasteiger charge is 2.29. The molecule has 1 atom stereocenters. The standard InChI is InChI=1S/C10H13O2P/c1-13(2,11)10-6-4-3-5-8(10)9-7-12-9/h3-6,9H,7H2,1-2H3. The molecule has 1 unspecified atom stereocenters. The second kappa shape index (κ2) is 2.97. The van der Waals surface area contributed by atoms with Crippen LogP contribution in [0.1, 0.15) is 11.7 Å². The molecular formula is C10H13O2P. The fourth-order valence-electron chi connectivity index (χ4n) is 1.48. The minimum absolute atomic E-state index is 0.199. The van der Waals surface area contributed by atoms with Crippen molar-refractivity contribution in [2.24, 2.45) is 0 Å². The van der Waals surface area contributed by atoms with Crippen LogP contribution in [0, 0.1) is 0 Å². The van der Waals surface area contributed by atoms with E-state index < -0.39 is 7.14 Å². The minimum atomic E-state index is -2.15. The first-order valence-corrected chi connectivity index (χ1v) is 6.95. The van der Waals surface area contributed by atoms with Gasteiger partial charge in [0.05, 0.1) is 6.61 Å². The molecule has 0 bridgehead atoms. The van der Waals surface area contributed by atoms with Gasteiger partial charge in [-0.2, -0.15) is 0 Å². The molecule has 0 radical (unpaired) electrons. The molecule has 2 rings (SSSR count). The molecule has 0 N–H and O–H groups in total. The van der Waals surface area contributed by atoms with Gasteiger partial charge in [-0.25, -0.2) is 0 Å². The average Bonchev–Trinajstić information content (AvgIpc) is 2.85. The van der Waals surface area contributed by atoms with E-state index in [1.807, 2.05) is 24.3 Å². The van der Waals surface area contributed by atoms with E-state index in [9.17, 15) is 4.57 Å². The Morgan fingerprint density at radius 3 is 2.54 bits per heavy atom. The van der Waals surface area contributed by atoms with Crippen LogP contribution >= 0.6 is 7.14 Å². The molecule has 0 aromatic heterocycles.